The van der Waals surface area contributed by atoms with Crippen LogP contribution in [0.25, 0.3) is 23.3 Å². The lowest BCUT2D eigenvalue weighted by atomic mass is 9.81. The lowest BCUT2D eigenvalue weighted by Gasteiger charge is -2.22. The SMILES string of the molecule is C#CC(C#C)=Cc1ccc2c(c1)C(C)(C)c1cc(C=C(C#C)C#C)ccc1-2. The summed E-state index contributed by atoms with van der Waals surface area (Å²) in [4.78, 5) is 0. The Bertz CT molecular complexity index is 1040. The molecule has 0 nitrogen and oxygen atoms in total. The summed E-state index contributed by atoms with van der Waals surface area (Å²) >= 11 is 0. The zero-order valence-corrected chi connectivity index (χ0v) is 15.4. The molecule has 1 aliphatic rings. The third kappa shape index (κ3) is 3.07. The van der Waals surface area contributed by atoms with Gasteiger partial charge in [-0.2, -0.15) is 0 Å². The fraction of sp³-hybridized carbons (Fsp3) is 0.111. The van der Waals surface area contributed by atoms with Gasteiger partial charge in [-0.15, -0.1) is 25.7 Å². The van der Waals surface area contributed by atoms with Crippen LogP contribution < -0.4 is 0 Å². The first-order valence-corrected chi connectivity index (χ1v) is 8.54. The summed E-state index contributed by atoms with van der Waals surface area (Å²) in [5.74, 6) is 10.1. The molecule has 1 aliphatic carbocycles. The topological polar surface area (TPSA) is 0 Å². The fourth-order valence-electron chi connectivity index (χ4n) is 3.54. The van der Waals surface area contributed by atoms with Crippen molar-refractivity contribution in [3.05, 3.63) is 69.8 Å². The lowest BCUT2D eigenvalue weighted by molar-refractivity contribution is 0.660. The van der Waals surface area contributed by atoms with Gasteiger partial charge in [0.25, 0.3) is 0 Å². The Morgan fingerprint density at radius 2 is 1.07 bits per heavy atom. The standard InChI is InChI=1S/C27H18/c1-7-19(8-2)15-21-11-13-23-24-14-12-22(16-20(9-3)10-4)18-26(24)27(5,6)25(23)17-21/h1-4,11-18H,5-6H3. The van der Waals surface area contributed by atoms with Gasteiger partial charge in [-0.25, -0.2) is 0 Å². The van der Waals surface area contributed by atoms with E-state index in [-0.39, 0.29) is 5.41 Å². The van der Waals surface area contributed by atoms with Gasteiger partial charge < -0.3 is 0 Å². The third-order valence-corrected chi connectivity index (χ3v) is 4.97. The predicted molar refractivity (Wildman–Crippen MR) is 115 cm³/mol. The van der Waals surface area contributed by atoms with E-state index in [1.807, 2.05) is 24.3 Å². The largest absolute Gasteiger partial charge is 0.114 e. The maximum Gasteiger partial charge on any atom is 0.0744 e. The molecule has 0 atom stereocenters. The normalized spacial score (nSPS) is 12.2. The molecule has 0 heteroatoms. The molecule has 0 fully saturated rings. The van der Waals surface area contributed by atoms with Crippen LogP contribution in [0.2, 0.25) is 0 Å². The van der Waals surface area contributed by atoms with Crippen LogP contribution in [0.15, 0.2) is 47.5 Å². The second-order valence-electron chi connectivity index (χ2n) is 6.93. The second kappa shape index (κ2) is 6.81. The van der Waals surface area contributed by atoms with E-state index in [1.54, 1.807) is 0 Å². The van der Waals surface area contributed by atoms with Crippen LogP contribution in [0.5, 0.6) is 0 Å². The van der Waals surface area contributed by atoms with Gasteiger partial charge in [0.05, 0.1) is 11.1 Å². The highest BCUT2D eigenvalue weighted by Crippen LogP contribution is 2.49. The molecule has 0 heterocycles. The van der Waals surface area contributed by atoms with E-state index in [2.05, 4.69) is 61.8 Å². The van der Waals surface area contributed by atoms with Crippen LogP contribution in [-0.4, -0.2) is 0 Å². The third-order valence-electron chi connectivity index (χ3n) is 4.97. The Labute approximate surface area is 162 Å². The van der Waals surface area contributed by atoms with Crippen molar-refractivity contribution in [1.29, 1.82) is 0 Å². The minimum atomic E-state index is -0.155. The number of benzene rings is 2. The molecule has 2 aromatic carbocycles. The Hall–Kier alpha value is -3.84. The molecule has 0 saturated heterocycles. The van der Waals surface area contributed by atoms with Crippen LogP contribution in [-0.2, 0) is 5.41 Å². The summed E-state index contributed by atoms with van der Waals surface area (Å²) in [7, 11) is 0. The maximum atomic E-state index is 5.45. The van der Waals surface area contributed by atoms with Crippen LogP contribution >= 0.6 is 0 Å². The van der Waals surface area contributed by atoms with Gasteiger partial charge in [0.2, 0.25) is 0 Å². The van der Waals surface area contributed by atoms with E-state index in [9.17, 15) is 0 Å². The zero-order chi connectivity index (χ0) is 19.6. The Kier molecular flexibility index (Phi) is 4.53. The summed E-state index contributed by atoms with van der Waals surface area (Å²) in [6.45, 7) is 4.43. The monoisotopic (exact) mass is 342 g/mol. The Morgan fingerprint density at radius 1 is 0.704 bits per heavy atom. The molecule has 0 saturated carbocycles. The molecule has 0 aliphatic heterocycles. The molecule has 0 N–H and O–H groups in total. The van der Waals surface area contributed by atoms with Gasteiger partial charge in [0.15, 0.2) is 0 Å². The number of rotatable bonds is 2. The molecule has 27 heavy (non-hydrogen) atoms. The molecule has 0 spiro atoms. The van der Waals surface area contributed by atoms with Gasteiger partial charge in [0.1, 0.15) is 0 Å². The van der Waals surface area contributed by atoms with Gasteiger partial charge in [-0.05, 0) is 45.5 Å². The van der Waals surface area contributed by atoms with Crippen molar-refractivity contribution in [3.8, 4) is 60.5 Å². The number of fused-ring (bicyclic) bond motifs is 3. The molecule has 3 rings (SSSR count). The molecule has 0 aromatic heterocycles. The van der Waals surface area contributed by atoms with Crippen LogP contribution in [0.4, 0.5) is 0 Å². The van der Waals surface area contributed by atoms with Crippen molar-refractivity contribution in [2.75, 3.05) is 0 Å². The van der Waals surface area contributed by atoms with E-state index in [0.717, 1.165) is 11.1 Å². The van der Waals surface area contributed by atoms with Crippen molar-refractivity contribution < 1.29 is 0 Å². The fourth-order valence-corrected chi connectivity index (χ4v) is 3.54. The molecule has 0 amide bonds. The molecule has 0 radical (unpaired) electrons. The zero-order valence-electron chi connectivity index (χ0n) is 15.4. The summed E-state index contributed by atoms with van der Waals surface area (Å²) in [6.07, 6.45) is 25.5. The first-order valence-electron chi connectivity index (χ1n) is 8.54. The Morgan fingerprint density at radius 3 is 1.41 bits per heavy atom. The first kappa shape index (κ1) is 18.0. The smallest absolute Gasteiger partial charge is 0.0744 e. The van der Waals surface area contributed by atoms with Gasteiger partial charge in [-0.3, -0.25) is 0 Å². The van der Waals surface area contributed by atoms with E-state index < -0.39 is 0 Å². The van der Waals surface area contributed by atoms with Crippen molar-refractivity contribution in [3.63, 3.8) is 0 Å². The Balaban J connectivity index is 2.14. The molecule has 0 unspecified atom stereocenters. The predicted octanol–water partition coefficient (Wildman–Crippen LogP) is 5.29. The van der Waals surface area contributed by atoms with Crippen LogP contribution in [0.1, 0.15) is 36.1 Å². The van der Waals surface area contributed by atoms with E-state index in [1.165, 1.54) is 22.3 Å². The van der Waals surface area contributed by atoms with Crippen LogP contribution in [0, 0.1) is 49.4 Å². The lowest BCUT2D eigenvalue weighted by Crippen LogP contribution is -2.15. The molecule has 2 aromatic rings. The number of terminal acetylenes is 4. The first-order chi connectivity index (χ1) is 12.9. The quantitative estimate of drug-likeness (QED) is 0.650. The average Bonchev–Trinajstić information content (AvgIpc) is 2.91. The number of allylic oxidation sites excluding steroid dienone is 2. The van der Waals surface area contributed by atoms with Crippen LogP contribution in [0.3, 0.4) is 0 Å². The summed E-state index contributed by atoms with van der Waals surface area (Å²) < 4.78 is 0. The second-order valence-corrected chi connectivity index (χ2v) is 6.93. The van der Waals surface area contributed by atoms with E-state index >= 15 is 0 Å². The van der Waals surface area contributed by atoms with Gasteiger partial charge in [-0.1, -0.05) is 73.9 Å². The minimum absolute atomic E-state index is 0.155. The van der Waals surface area contributed by atoms with E-state index in [0.29, 0.717) is 11.1 Å². The molecular weight excluding hydrogens is 324 g/mol. The summed E-state index contributed by atoms with van der Waals surface area (Å²) in [6, 6.07) is 12.7. The van der Waals surface area contributed by atoms with Gasteiger partial charge >= 0.3 is 0 Å². The van der Waals surface area contributed by atoms with Crippen molar-refractivity contribution in [2.45, 2.75) is 19.3 Å². The van der Waals surface area contributed by atoms with Crippen molar-refractivity contribution in [1.82, 2.24) is 0 Å². The van der Waals surface area contributed by atoms with Crippen molar-refractivity contribution in [2.24, 2.45) is 0 Å². The minimum Gasteiger partial charge on any atom is -0.114 e. The summed E-state index contributed by atoms with van der Waals surface area (Å²) in [5.41, 5.74) is 7.85. The number of hydrogen-bond acceptors (Lipinski definition) is 0. The highest BCUT2D eigenvalue weighted by molar-refractivity contribution is 5.83. The molecule has 0 bridgehead atoms. The summed E-state index contributed by atoms with van der Waals surface area (Å²) in [5, 5.41) is 0. The number of hydrogen-bond donors (Lipinski definition) is 0. The highest BCUT2D eigenvalue weighted by Gasteiger charge is 2.35. The van der Waals surface area contributed by atoms with Gasteiger partial charge in [0, 0.05) is 5.41 Å². The highest BCUT2D eigenvalue weighted by atomic mass is 14.4. The molecular formula is C27H18. The average molecular weight is 342 g/mol. The van der Waals surface area contributed by atoms with E-state index in [4.69, 9.17) is 25.7 Å². The molecule has 126 valence electrons. The maximum absolute atomic E-state index is 5.45. The van der Waals surface area contributed by atoms with Crippen molar-refractivity contribution >= 4 is 12.2 Å².